The van der Waals surface area contributed by atoms with Gasteiger partial charge in [-0.2, -0.15) is 13.2 Å². The van der Waals surface area contributed by atoms with Gasteiger partial charge in [0.25, 0.3) is 0 Å². The molecule has 1 aromatic carbocycles. The Morgan fingerprint density at radius 1 is 1.25 bits per heavy atom. The number of nitrogens with zero attached hydrogens (tertiary/aromatic N) is 1. The first-order valence-electron chi connectivity index (χ1n) is 4.02. The number of fused-ring (bicyclic) bond motifs is 1. The number of alkyl halides is 3. The van der Waals surface area contributed by atoms with Crippen molar-refractivity contribution in [3.8, 4) is 0 Å². The van der Waals surface area contributed by atoms with E-state index in [1.807, 2.05) is 0 Å². The topological polar surface area (TPSA) is 12.9 Å². The molecule has 0 aliphatic carbocycles. The maximum absolute atomic E-state index is 12.3. The van der Waals surface area contributed by atoms with Crippen LogP contribution in [0.2, 0.25) is 5.02 Å². The van der Waals surface area contributed by atoms with Crippen LogP contribution in [0.5, 0.6) is 0 Å². The minimum Gasteiger partial charge on any atom is -0.338 e. The number of benzene rings is 1. The molecule has 0 spiro atoms. The molecule has 0 atom stereocenters. The van der Waals surface area contributed by atoms with Gasteiger partial charge in [-0.3, -0.25) is 0 Å². The predicted molar refractivity (Wildman–Crippen MR) is 50.6 cm³/mol. The molecule has 0 fully saturated rings. The van der Waals surface area contributed by atoms with Crippen molar-refractivity contribution in [1.82, 2.24) is 4.98 Å². The van der Waals surface area contributed by atoms with Crippen LogP contribution >= 0.6 is 11.6 Å². The zero-order valence-corrected chi connectivity index (χ0v) is 9.02. The molecule has 1 aromatic heterocycles. The number of para-hydroxylation sites is 1. The molecule has 0 aliphatic rings. The molecule has 6 heteroatoms. The Bertz CT molecular complexity index is 513. The number of aromatic nitrogens is 1. The third kappa shape index (κ3) is 2.52. The summed E-state index contributed by atoms with van der Waals surface area (Å²) >= 11 is 5.73. The van der Waals surface area contributed by atoms with E-state index in [-0.39, 0.29) is 29.4 Å². The number of hydrogen-bond donors (Lipinski definition) is 0. The van der Waals surface area contributed by atoms with Crippen molar-refractivity contribution in [3.63, 3.8) is 0 Å². The monoisotopic (exact) mass is 237 g/mol. The molecule has 1 heterocycles. The molecule has 0 N–H and O–H groups in total. The summed E-state index contributed by atoms with van der Waals surface area (Å²) in [7, 11) is 0. The fourth-order valence-corrected chi connectivity index (χ4v) is 1.41. The fourth-order valence-electron chi connectivity index (χ4n) is 1.19. The molecule has 0 radical (unpaired) electrons. The summed E-state index contributed by atoms with van der Waals surface area (Å²) < 4.78 is 37.0. The van der Waals surface area contributed by atoms with Crippen molar-refractivity contribution in [2.45, 2.75) is 6.18 Å². The molecule has 0 aliphatic heterocycles. The minimum absolute atomic E-state index is 0. The van der Waals surface area contributed by atoms with Gasteiger partial charge in [0, 0.05) is 5.02 Å². The Morgan fingerprint density at radius 2 is 1.94 bits per heavy atom. The van der Waals surface area contributed by atoms with Crippen LogP contribution < -0.4 is 18.9 Å². The standard InChI is InChI=1S/C10H4ClF3N.Li/c11-7-3-1-2-6-4-5-8(10(12,13)14)15-9(6)7;/h1-3,5H;/q-1;+1. The van der Waals surface area contributed by atoms with E-state index in [4.69, 9.17) is 11.6 Å². The van der Waals surface area contributed by atoms with Gasteiger partial charge in [0.15, 0.2) is 0 Å². The Balaban J connectivity index is 0.00000128. The van der Waals surface area contributed by atoms with Crippen LogP contribution in [0.1, 0.15) is 5.69 Å². The van der Waals surface area contributed by atoms with Crippen LogP contribution in [-0.2, 0) is 6.18 Å². The first-order valence-corrected chi connectivity index (χ1v) is 4.40. The zero-order valence-electron chi connectivity index (χ0n) is 8.27. The average molecular weight is 238 g/mol. The maximum atomic E-state index is 12.3. The van der Waals surface area contributed by atoms with Crippen molar-refractivity contribution in [3.05, 3.63) is 41.0 Å². The van der Waals surface area contributed by atoms with Gasteiger partial charge < -0.3 is 4.98 Å². The third-order valence-corrected chi connectivity index (χ3v) is 2.18. The van der Waals surface area contributed by atoms with Gasteiger partial charge in [-0.05, 0) is 5.52 Å². The molecule has 0 bridgehead atoms. The predicted octanol–water partition coefficient (Wildman–Crippen LogP) is 0.711. The van der Waals surface area contributed by atoms with Gasteiger partial charge in [0.1, 0.15) is 0 Å². The fraction of sp³-hybridized carbons (Fsp3) is 0.100. The second-order valence-electron chi connectivity index (χ2n) is 2.92. The van der Waals surface area contributed by atoms with Crippen LogP contribution in [0.4, 0.5) is 13.2 Å². The number of halogens is 4. The third-order valence-electron chi connectivity index (χ3n) is 1.87. The Morgan fingerprint density at radius 3 is 2.56 bits per heavy atom. The van der Waals surface area contributed by atoms with Crippen LogP contribution in [0.3, 0.4) is 0 Å². The number of pyridine rings is 1. The van der Waals surface area contributed by atoms with E-state index in [1.165, 1.54) is 6.07 Å². The minimum atomic E-state index is -4.47. The van der Waals surface area contributed by atoms with Gasteiger partial charge in [-0.25, -0.2) is 0 Å². The zero-order chi connectivity index (χ0) is 11.1. The molecule has 0 saturated carbocycles. The first-order chi connectivity index (χ1) is 6.98. The van der Waals surface area contributed by atoms with E-state index in [0.717, 1.165) is 6.07 Å². The van der Waals surface area contributed by atoms with Crippen molar-refractivity contribution in [2.24, 2.45) is 0 Å². The molecule has 1 nitrogen and oxygen atoms in total. The van der Waals surface area contributed by atoms with Gasteiger partial charge in [-0.1, -0.05) is 17.7 Å². The van der Waals surface area contributed by atoms with Crippen LogP contribution in [0.15, 0.2) is 24.3 Å². The molecule has 0 saturated heterocycles. The summed E-state index contributed by atoms with van der Waals surface area (Å²) in [6, 6.07) is 8.05. The second kappa shape index (κ2) is 4.66. The van der Waals surface area contributed by atoms with Crippen molar-refractivity contribution < 1.29 is 32.0 Å². The van der Waals surface area contributed by atoms with E-state index < -0.39 is 11.9 Å². The summed E-state index contributed by atoms with van der Waals surface area (Å²) in [6.07, 6.45) is -4.47. The van der Waals surface area contributed by atoms with Crippen molar-refractivity contribution in [2.75, 3.05) is 0 Å². The van der Waals surface area contributed by atoms with Crippen molar-refractivity contribution >= 4 is 22.5 Å². The molecule has 78 valence electrons. The summed E-state index contributed by atoms with van der Waals surface area (Å²) in [6.45, 7) is 0. The SMILES string of the molecule is FC(F)(F)c1c[c-]c2cccc(Cl)c2n1.[Li+]. The Kier molecular flexibility index (Phi) is 3.90. The van der Waals surface area contributed by atoms with Gasteiger partial charge in [0.05, 0.1) is 5.69 Å². The van der Waals surface area contributed by atoms with Gasteiger partial charge >= 0.3 is 25.0 Å². The smallest absolute Gasteiger partial charge is 0.338 e. The molecule has 2 aromatic rings. The summed E-state index contributed by atoms with van der Waals surface area (Å²) in [5, 5.41) is 0.658. The van der Waals surface area contributed by atoms with Crippen molar-refractivity contribution in [1.29, 1.82) is 0 Å². The van der Waals surface area contributed by atoms with E-state index in [1.54, 1.807) is 12.1 Å². The average Bonchev–Trinajstić information content (AvgIpc) is 2.16. The maximum Gasteiger partial charge on any atom is 1.00 e. The van der Waals surface area contributed by atoms with Gasteiger partial charge in [-0.15, -0.1) is 29.7 Å². The number of rotatable bonds is 0. The number of hydrogen-bond acceptors (Lipinski definition) is 1. The van der Waals surface area contributed by atoms with E-state index >= 15 is 0 Å². The summed E-state index contributed by atoms with van der Waals surface area (Å²) in [4.78, 5) is 3.46. The normalized spacial score (nSPS) is 11.2. The van der Waals surface area contributed by atoms with E-state index in [9.17, 15) is 13.2 Å². The van der Waals surface area contributed by atoms with Crippen LogP contribution in [0, 0.1) is 6.07 Å². The van der Waals surface area contributed by atoms with E-state index in [2.05, 4.69) is 11.1 Å². The molecular weight excluding hydrogens is 234 g/mol. The van der Waals surface area contributed by atoms with E-state index in [0.29, 0.717) is 5.39 Å². The summed E-state index contributed by atoms with van der Waals surface area (Å²) in [5.74, 6) is 0. The molecule has 0 amide bonds. The van der Waals surface area contributed by atoms with Gasteiger partial charge in [0.2, 0.25) is 0 Å². The van der Waals surface area contributed by atoms with Crippen LogP contribution in [-0.4, -0.2) is 4.98 Å². The van der Waals surface area contributed by atoms with Crippen LogP contribution in [0.25, 0.3) is 10.9 Å². The Labute approximate surface area is 107 Å². The molecule has 2 rings (SSSR count). The first kappa shape index (κ1) is 13.4. The molecule has 16 heavy (non-hydrogen) atoms. The largest absolute Gasteiger partial charge is 1.00 e. The summed E-state index contributed by atoms with van der Waals surface area (Å²) in [5.41, 5.74) is -0.864. The quantitative estimate of drug-likeness (QED) is 0.486. The Hall–Kier alpha value is -0.693. The second-order valence-corrected chi connectivity index (χ2v) is 3.33. The molecular formula is C10H4ClF3LiN. The molecule has 0 unspecified atom stereocenters.